The van der Waals surface area contributed by atoms with Crippen LogP contribution in [0.3, 0.4) is 0 Å². The molecular formula is C16H17ClN2O4S2. The minimum atomic E-state index is -3.03. The summed E-state index contributed by atoms with van der Waals surface area (Å²) in [4.78, 5) is 18.1. The lowest BCUT2D eigenvalue weighted by Crippen LogP contribution is -2.37. The Kier molecular flexibility index (Phi) is 5.41. The second kappa shape index (κ2) is 7.39. The number of fused-ring (bicyclic) bond motifs is 1. The number of benzene rings is 1. The highest BCUT2D eigenvalue weighted by atomic mass is 35.5. The summed E-state index contributed by atoms with van der Waals surface area (Å²) >= 11 is 7.14. The molecular weight excluding hydrogens is 384 g/mol. The average Bonchev–Trinajstić information content (AvgIpc) is 3.00. The van der Waals surface area contributed by atoms with Gasteiger partial charge in [0.25, 0.3) is 5.91 Å². The minimum absolute atomic E-state index is 0.0892. The molecule has 0 N–H and O–H groups in total. The average molecular weight is 401 g/mol. The van der Waals surface area contributed by atoms with Gasteiger partial charge in [-0.2, -0.15) is 4.99 Å². The Hall–Kier alpha value is -1.51. The first-order valence-electron chi connectivity index (χ1n) is 7.62. The number of thioether (sulfide) groups is 1. The van der Waals surface area contributed by atoms with E-state index in [4.69, 9.17) is 16.3 Å². The second-order valence-electron chi connectivity index (χ2n) is 5.77. The summed E-state index contributed by atoms with van der Waals surface area (Å²) in [7, 11) is -3.03. The molecule has 1 amide bonds. The molecule has 0 aromatic heterocycles. The van der Waals surface area contributed by atoms with E-state index in [9.17, 15) is 13.2 Å². The molecule has 2 aliphatic rings. The van der Waals surface area contributed by atoms with Gasteiger partial charge in [0.1, 0.15) is 5.75 Å². The first-order valence-corrected chi connectivity index (χ1v) is 10.7. The number of amidine groups is 1. The van der Waals surface area contributed by atoms with Crippen LogP contribution in [-0.4, -0.2) is 60.3 Å². The normalized spacial score (nSPS) is 25.8. The van der Waals surface area contributed by atoms with E-state index < -0.39 is 15.7 Å². The Morgan fingerprint density at radius 3 is 2.80 bits per heavy atom. The Labute approximate surface area is 155 Å². The van der Waals surface area contributed by atoms with Crippen molar-refractivity contribution in [1.82, 2.24) is 4.90 Å². The van der Waals surface area contributed by atoms with Crippen LogP contribution in [0.25, 0.3) is 0 Å². The Bertz CT molecular complexity index is 808. The van der Waals surface area contributed by atoms with Gasteiger partial charge >= 0.3 is 0 Å². The lowest BCUT2D eigenvalue weighted by molar-refractivity contribution is -0.119. The van der Waals surface area contributed by atoms with E-state index in [0.29, 0.717) is 22.5 Å². The van der Waals surface area contributed by atoms with E-state index in [1.54, 1.807) is 30.3 Å². The zero-order valence-electron chi connectivity index (χ0n) is 13.3. The molecule has 134 valence electrons. The van der Waals surface area contributed by atoms with Gasteiger partial charge in [-0.05, 0) is 24.3 Å². The third kappa shape index (κ3) is 4.37. The molecule has 3 rings (SSSR count). The van der Waals surface area contributed by atoms with Crippen molar-refractivity contribution in [3.8, 4) is 5.75 Å². The molecule has 0 radical (unpaired) electrons. The van der Waals surface area contributed by atoms with Crippen LogP contribution < -0.4 is 4.74 Å². The first kappa shape index (κ1) is 18.3. The molecule has 1 aromatic carbocycles. The van der Waals surface area contributed by atoms with Gasteiger partial charge < -0.3 is 9.64 Å². The van der Waals surface area contributed by atoms with Crippen molar-refractivity contribution >= 4 is 44.3 Å². The van der Waals surface area contributed by atoms with E-state index in [0.717, 1.165) is 0 Å². The summed E-state index contributed by atoms with van der Waals surface area (Å²) < 4.78 is 29.0. The molecule has 0 bridgehead atoms. The molecule has 9 heteroatoms. The number of hydrogen-bond donors (Lipinski definition) is 0. The number of hydrogen-bond acceptors (Lipinski definition) is 5. The zero-order valence-corrected chi connectivity index (χ0v) is 15.7. The predicted molar refractivity (Wildman–Crippen MR) is 100 cm³/mol. The standard InChI is InChI=1S/C16H17ClN2O4S2/c1-2-7-19-13-9-25(21,22)10-14(13)24-16(19)18-15(20)8-23-12-5-3-11(17)4-6-12/h2-6,13-14H,1,7-10H2/t13-,14-/m1/s1. The molecule has 0 saturated carbocycles. The van der Waals surface area contributed by atoms with Gasteiger partial charge in [-0.3, -0.25) is 4.79 Å². The highest BCUT2D eigenvalue weighted by molar-refractivity contribution is 8.15. The Morgan fingerprint density at radius 1 is 1.40 bits per heavy atom. The third-order valence-electron chi connectivity index (χ3n) is 3.90. The summed E-state index contributed by atoms with van der Waals surface area (Å²) in [6.45, 7) is 3.95. The number of nitrogens with zero attached hydrogens (tertiary/aromatic N) is 2. The van der Waals surface area contributed by atoms with E-state index in [2.05, 4.69) is 11.6 Å². The molecule has 25 heavy (non-hydrogen) atoms. The van der Waals surface area contributed by atoms with E-state index in [1.165, 1.54) is 11.8 Å². The molecule has 2 atom stereocenters. The Balaban J connectivity index is 1.66. The fraction of sp³-hybridized carbons (Fsp3) is 0.375. The van der Waals surface area contributed by atoms with Gasteiger partial charge in [-0.1, -0.05) is 29.4 Å². The molecule has 2 aliphatic heterocycles. The number of carbonyl (C=O) groups excluding carboxylic acids is 1. The van der Waals surface area contributed by atoms with Crippen molar-refractivity contribution in [3.63, 3.8) is 0 Å². The quantitative estimate of drug-likeness (QED) is 0.703. The third-order valence-corrected chi connectivity index (χ3v) is 7.40. The van der Waals surface area contributed by atoms with Gasteiger partial charge in [0, 0.05) is 16.8 Å². The van der Waals surface area contributed by atoms with Crippen LogP contribution in [-0.2, 0) is 14.6 Å². The number of ether oxygens (including phenoxy) is 1. The van der Waals surface area contributed by atoms with Crippen LogP contribution in [0.15, 0.2) is 41.9 Å². The number of carbonyl (C=O) groups is 1. The number of amides is 1. The summed E-state index contributed by atoms with van der Waals surface area (Å²) in [5.41, 5.74) is 0. The fourth-order valence-electron chi connectivity index (χ4n) is 2.80. The largest absolute Gasteiger partial charge is 0.484 e. The lowest BCUT2D eigenvalue weighted by Gasteiger charge is -2.22. The van der Waals surface area contributed by atoms with E-state index >= 15 is 0 Å². The molecule has 2 fully saturated rings. The van der Waals surface area contributed by atoms with Gasteiger partial charge in [0.05, 0.1) is 17.5 Å². The zero-order chi connectivity index (χ0) is 18.0. The maximum absolute atomic E-state index is 12.1. The number of aliphatic imine (C=N–C) groups is 1. The van der Waals surface area contributed by atoms with E-state index in [1.807, 2.05) is 4.90 Å². The minimum Gasteiger partial charge on any atom is -0.484 e. The number of sulfone groups is 1. The van der Waals surface area contributed by atoms with Crippen LogP contribution in [0.2, 0.25) is 5.02 Å². The maximum atomic E-state index is 12.1. The molecule has 2 saturated heterocycles. The molecule has 2 heterocycles. The first-order chi connectivity index (χ1) is 11.9. The van der Waals surface area contributed by atoms with Crippen molar-refractivity contribution in [3.05, 3.63) is 41.9 Å². The van der Waals surface area contributed by atoms with Gasteiger partial charge in [-0.15, -0.1) is 6.58 Å². The molecule has 6 nitrogen and oxygen atoms in total. The fourth-order valence-corrected chi connectivity index (χ4v) is 6.91. The highest BCUT2D eigenvalue weighted by Gasteiger charge is 2.48. The summed E-state index contributed by atoms with van der Waals surface area (Å²) in [5, 5.41) is 1.03. The monoisotopic (exact) mass is 400 g/mol. The molecule has 0 spiro atoms. The number of halogens is 1. The molecule has 0 aliphatic carbocycles. The van der Waals surface area contributed by atoms with Crippen molar-refractivity contribution < 1.29 is 17.9 Å². The van der Waals surface area contributed by atoms with Crippen LogP contribution in [0.1, 0.15) is 0 Å². The summed E-state index contributed by atoms with van der Waals surface area (Å²) in [5.74, 6) is 0.314. The number of rotatable bonds is 5. The maximum Gasteiger partial charge on any atom is 0.285 e. The summed E-state index contributed by atoms with van der Waals surface area (Å²) in [6, 6.07) is 6.54. The van der Waals surface area contributed by atoms with Gasteiger partial charge in [0.2, 0.25) is 0 Å². The van der Waals surface area contributed by atoms with Crippen LogP contribution in [0.4, 0.5) is 0 Å². The van der Waals surface area contributed by atoms with Crippen molar-refractivity contribution in [2.75, 3.05) is 24.7 Å². The van der Waals surface area contributed by atoms with Crippen molar-refractivity contribution in [2.45, 2.75) is 11.3 Å². The van der Waals surface area contributed by atoms with E-state index in [-0.39, 0.29) is 29.4 Å². The van der Waals surface area contributed by atoms with Crippen molar-refractivity contribution in [1.29, 1.82) is 0 Å². The van der Waals surface area contributed by atoms with Crippen LogP contribution in [0, 0.1) is 0 Å². The summed E-state index contributed by atoms with van der Waals surface area (Å²) in [6.07, 6.45) is 1.68. The topological polar surface area (TPSA) is 76.0 Å². The molecule has 1 aromatic rings. The SMILES string of the molecule is C=CCN1C(=NC(=O)COc2ccc(Cl)cc2)S[C@@H]2CS(=O)(=O)C[C@H]21. The predicted octanol–water partition coefficient (Wildman–Crippen LogP) is 2.00. The smallest absolute Gasteiger partial charge is 0.285 e. The van der Waals surface area contributed by atoms with Crippen LogP contribution >= 0.6 is 23.4 Å². The van der Waals surface area contributed by atoms with Gasteiger partial charge in [0.15, 0.2) is 21.6 Å². The second-order valence-corrected chi connectivity index (χ2v) is 9.57. The highest BCUT2D eigenvalue weighted by Crippen LogP contribution is 2.37. The lowest BCUT2D eigenvalue weighted by atomic mass is 10.2. The van der Waals surface area contributed by atoms with Crippen LogP contribution in [0.5, 0.6) is 5.75 Å². The van der Waals surface area contributed by atoms with Crippen molar-refractivity contribution in [2.24, 2.45) is 4.99 Å². The van der Waals surface area contributed by atoms with Gasteiger partial charge in [-0.25, -0.2) is 8.42 Å². The molecule has 0 unspecified atom stereocenters. The Morgan fingerprint density at radius 2 is 2.12 bits per heavy atom.